The molecule has 1 N–H and O–H groups in total. The molecule has 0 aliphatic heterocycles. The standard InChI is InChI=1S/C13H15F2N3S2/c1-7(2)16-6-9-4-10(14)12(11(15)5-9)19-13-17-8(3)18-20-13/h4-5,7,16H,6H2,1-3H3. The second-order valence-corrected chi connectivity index (χ2v) is 6.64. The normalized spacial score (nSPS) is 11.3. The van der Waals surface area contributed by atoms with Gasteiger partial charge in [-0.05, 0) is 36.2 Å². The van der Waals surface area contributed by atoms with E-state index in [-0.39, 0.29) is 10.9 Å². The van der Waals surface area contributed by atoms with Crippen molar-refractivity contribution in [2.75, 3.05) is 0 Å². The van der Waals surface area contributed by atoms with Crippen molar-refractivity contribution in [2.24, 2.45) is 0 Å². The average molecular weight is 315 g/mol. The quantitative estimate of drug-likeness (QED) is 0.911. The Morgan fingerprint density at radius 2 is 1.95 bits per heavy atom. The molecule has 0 atom stereocenters. The van der Waals surface area contributed by atoms with E-state index in [0.717, 1.165) is 23.3 Å². The predicted molar refractivity (Wildman–Crippen MR) is 77.1 cm³/mol. The molecule has 2 rings (SSSR count). The molecule has 0 aliphatic rings. The molecule has 0 spiro atoms. The molecule has 2 aromatic rings. The van der Waals surface area contributed by atoms with Crippen LogP contribution in [0.25, 0.3) is 0 Å². The van der Waals surface area contributed by atoms with Crippen molar-refractivity contribution in [1.29, 1.82) is 0 Å². The summed E-state index contributed by atoms with van der Waals surface area (Å²) in [5.74, 6) is -0.525. The van der Waals surface area contributed by atoms with Gasteiger partial charge in [-0.25, -0.2) is 13.8 Å². The second-order valence-electron chi connectivity index (χ2n) is 4.63. The Kier molecular flexibility index (Phi) is 5.06. The Morgan fingerprint density at radius 1 is 1.30 bits per heavy atom. The van der Waals surface area contributed by atoms with Gasteiger partial charge in [0.05, 0.1) is 4.90 Å². The van der Waals surface area contributed by atoms with Crippen LogP contribution in [0.5, 0.6) is 0 Å². The molecule has 0 saturated carbocycles. The van der Waals surface area contributed by atoms with Crippen LogP contribution >= 0.6 is 23.3 Å². The maximum absolute atomic E-state index is 14.0. The van der Waals surface area contributed by atoms with Crippen molar-refractivity contribution in [3.05, 3.63) is 35.2 Å². The number of aryl methyl sites for hydroxylation is 1. The van der Waals surface area contributed by atoms with Gasteiger partial charge in [0, 0.05) is 12.6 Å². The van der Waals surface area contributed by atoms with Crippen LogP contribution in [0.3, 0.4) is 0 Å². The van der Waals surface area contributed by atoms with Gasteiger partial charge in [0.1, 0.15) is 17.5 Å². The van der Waals surface area contributed by atoms with Gasteiger partial charge in [0.2, 0.25) is 0 Å². The number of rotatable bonds is 5. The largest absolute Gasteiger partial charge is 0.310 e. The van der Waals surface area contributed by atoms with E-state index in [9.17, 15) is 8.78 Å². The van der Waals surface area contributed by atoms with E-state index in [1.54, 1.807) is 6.92 Å². The molecule has 0 amide bonds. The topological polar surface area (TPSA) is 37.8 Å². The van der Waals surface area contributed by atoms with Gasteiger partial charge in [-0.1, -0.05) is 25.6 Å². The molecule has 3 nitrogen and oxygen atoms in total. The van der Waals surface area contributed by atoms with E-state index in [1.165, 1.54) is 12.1 Å². The summed E-state index contributed by atoms with van der Waals surface area (Å²) < 4.78 is 32.5. The van der Waals surface area contributed by atoms with E-state index >= 15 is 0 Å². The van der Waals surface area contributed by atoms with E-state index in [0.29, 0.717) is 22.3 Å². The lowest BCUT2D eigenvalue weighted by Gasteiger charge is -2.10. The van der Waals surface area contributed by atoms with Gasteiger partial charge in [-0.3, -0.25) is 0 Å². The number of nitrogens with zero attached hydrogens (tertiary/aromatic N) is 2. The lowest BCUT2D eigenvalue weighted by Crippen LogP contribution is -2.22. The lowest BCUT2D eigenvalue weighted by molar-refractivity contribution is 0.529. The highest BCUT2D eigenvalue weighted by atomic mass is 32.2. The van der Waals surface area contributed by atoms with E-state index in [4.69, 9.17) is 0 Å². The molecular weight excluding hydrogens is 300 g/mol. The molecule has 20 heavy (non-hydrogen) atoms. The summed E-state index contributed by atoms with van der Waals surface area (Å²) in [7, 11) is 0. The van der Waals surface area contributed by atoms with E-state index in [1.807, 2.05) is 13.8 Å². The SMILES string of the molecule is Cc1nsc(Sc2c(F)cc(CNC(C)C)cc2F)n1. The molecule has 0 fully saturated rings. The summed E-state index contributed by atoms with van der Waals surface area (Å²) in [5.41, 5.74) is 0.589. The maximum Gasteiger partial charge on any atom is 0.175 e. The van der Waals surface area contributed by atoms with Crippen molar-refractivity contribution < 1.29 is 8.78 Å². The van der Waals surface area contributed by atoms with Crippen LogP contribution in [0.2, 0.25) is 0 Å². The maximum atomic E-state index is 14.0. The van der Waals surface area contributed by atoms with Crippen LogP contribution in [0.1, 0.15) is 25.2 Å². The number of hydrogen-bond donors (Lipinski definition) is 1. The predicted octanol–water partition coefficient (Wildman–Crippen LogP) is 3.77. The van der Waals surface area contributed by atoms with Crippen LogP contribution < -0.4 is 5.32 Å². The number of aromatic nitrogens is 2. The fourth-order valence-corrected chi connectivity index (χ4v) is 3.14. The molecule has 1 aromatic carbocycles. The van der Waals surface area contributed by atoms with Crippen molar-refractivity contribution in [2.45, 2.75) is 42.6 Å². The molecule has 0 bridgehead atoms. The molecule has 0 aliphatic carbocycles. The minimum atomic E-state index is -0.566. The highest BCUT2D eigenvalue weighted by molar-refractivity contribution is 8.01. The molecule has 1 heterocycles. The fraction of sp³-hybridized carbons (Fsp3) is 0.385. The van der Waals surface area contributed by atoms with Crippen LogP contribution in [-0.4, -0.2) is 15.4 Å². The van der Waals surface area contributed by atoms with Gasteiger partial charge < -0.3 is 5.32 Å². The summed E-state index contributed by atoms with van der Waals surface area (Å²) in [4.78, 5) is 4.06. The Hall–Kier alpha value is -1.05. The summed E-state index contributed by atoms with van der Waals surface area (Å²) in [6.45, 7) is 6.14. The first-order valence-corrected chi connectivity index (χ1v) is 7.74. The van der Waals surface area contributed by atoms with Crippen LogP contribution in [0, 0.1) is 18.6 Å². The Morgan fingerprint density at radius 3 is 2.45 bits per heavy atom. The molecule has 108 valence electrons. The minimum absolute atomic E-state index is 0.0329. The first kappa shape index (κ1) is 15.3. The zero-order valence-corrected chi connectivity index (χ0v) is 13.0. The number of halogens is 2. The summed E-state index contributed by atoms with van der Waals surface area (Å²) >= 11 is 2.11. The minimum Gasteiger partial charge on any atom is -0.310 e. The number of nitrogens with one attached hydrogen (secondary N) is 1. The summed E-state index contributed by atoms with van der Waals surface area (Å²) in [6.07, 6.45) is 0. The van der Waals surface area contributed by atoms with Gasteiger partial charge >= 0.3 is 0 Å². The Balaban J connectivity index is 2.18. The first-order valence-electron chi connectivity index (χ1n) is 6.15. The zero-order valence-electron chi connectivity index (χ0n) is 11.4. The van der Waals surface area contributed by atoms with Crippen molar-refractivity contribution in [1.82, 2.24) is 14.7 Å². The fourth-order valence-electron chi connectivity index (χ4n) is 1.54. The van der Waals surface area contributed by atoms with Gasteiger partial charge in [-0.2, -0.15) is 4.37 Å². The molecule has 0 unspecified atom stereocenters. The number of benzene rings is 1. The summed E-state index contributed by atoms with van der Waals surface area (Å²) in [6, 6.07) is 2.98. The molecule has 1 aromatic heterocycles. The van der Waals surface area contributed by atoms with Crippen molar-refractivity contribution in [3.63, 3.8) is 0 Å². The molecular formula is C13H15F2N3S2. The Bertz CT molecular complexity index is 576. The Labute approximate surface area is 125 Å². The van der Waals surface area contributed by atoms with E-state index < -0.39 is 11.6 Å². The van der Waals surface area contributed by atoms with Crippen LogP contribution in [0.4, 0.5) is 8.78 Å². The van der Waals surface area contributed by atoms with Crippen LogP contribution in [0.15, 0.2) is 21.4 Å². The highest BCUT2D eigenvalue weighted by Gasteiger charge is 2.15. The molecule has 0 saturated heterocycles. The molecule has 0 radical (unpaired) electrons. The summed E-state index contributed by atoms with van der Waals surface area (Å²) in [5, 5.41) is 3.13. The smallest absolute Gasteiger partial charge is 0.175 e. The zero-order chi connectivity index (χ0) is 14.7. The van der Waals surface area contributed by atoms with Crippen LogP contribution in [-0.2, 0) is 6.54 Å². The van der Waals surface area contributed by atoms with Gasteiger partial charge in [0.25, 0.3) is 0 Å². The van der Waals surface area contributed by atoms with Crippen molar-refractivity contribution >= 4 is 23.3 Å². The first-order chi connectivity index (χ1) is 9.45. The third-order valence-electron chi connectivity index (χ3n) is 2.47. The van der Waals surface area contributed by atoms with Gasteiger partial charge in [-0.15, -0.1) is 0 Å². The second kappa shape index (κ2) is 6.60. The van der Waals surface area contributed by atoms with Crippen molar-refractivity contribution in [3.8, 4) is 0 Å². The van der Waals surface area contributed by atoms with Gasteiger partial charge in [0.15, 0.2) is 4.34 Å². The third kappa shape index (κ3) is 3.97. The monoisotopic (exact) mass is 315 g/mol. The number of hydrogen-bond acceptors (Lipinski definition) is 5. The third-order valence-corrected chi connectivity index (χ3v) is 4.41. The highest BCUT2D eigenvalue weighted by Crippen LogP contribution is 2.33. The average Bonchev–Trinajstić information content (AvgIpc) is 2.77. The van der Waals surface area contributed by atoms with E-state index in [2.05, 4.69) is 14.7 Å². The lowest BCUT2D eigenvalue weighted by atomic mass is 10.2. The molecule has 7 heteroatoms.